The molecule has 96 valence electrons. The van der Waals surface area contributed by atoms with Gasteiger partial charge in [0.2, 0.25) is 5.89 Å². The van der Waals surface area contributed by atoms with Crippen molar-refractivity contribution in [2.45, 2.75) is 6.61 Å². The molecule has 1 heterocycles. The van der Waals surface area contributed by atoms with Gasteiger partial charge in [0.05, 0.1) is 5.69 Å². The zero-order valence-electron chi connectivity index (χ0n) is 9.97. The van der Waals surface area contributed by atoms with Gasteiger partial charge in [-0.05, 0) is 24.3 Å². The van der Waals surface area contributed by atoms with E-state index in [1.165, 1.54) is 12.1 Å². The fourth-order valence-electron chi connectivity index (χ4n) is 1.78. The summed E-state index contributed by atoms with van der Waals surface area (Å²) in [5.74, 6) is 0.478. The highest BCUT2D eigenvalue weighted by Crippen LogP contribution is 2.22. The number of hydrogen-bond acceptors (Lipinski definition) is 4. The number of rotatable bonds is 3. The molecule has 0 radical (unpaired) electrons. The van der Waals surface area contributed by atoms with Gasteiger partial charge in [0.15, 0.2) is 12.2 Å². The molecule has 0 saturated heterocycles. The summed E-state index contributed by atoms with van der Waals surface area (Å²) in [5.41, 5.74) is 7.56. The first-order valence-corrected chi connectivity index (χ1v) is 5.74. The number of halogens is 1. The van der Waals surface area contributed by atoms with Gasteiger partial charge in [0.25, 0.3) is 0 Å². The summed E-state index contributed by atoms with van der Waals surface area (Å²) in [4.78, 5) is 4.24. The number of hydrogen-bond donors (Lipinski definition) is 1. The second-order valence-corrected chi connectivity index (χ2v) is 4.05. The summed E-state index contributed by atoms with van der Waals surface area (Å²) < 4.78 is 23.9. The lowest BCUT2D eigenvalue weighted by atomic mass is 10.3. The van der Waals surface area contributed by atoms with E-state index in [4.69, 9.17) is 14.9 Å². The number of nitrogens with two attached hydrogens (primary N) is 1. The fourth-order valence-corrected chi connectivity index (χ4v) is 1.78. The van der Waals surface area contributed by atoms with Gasteiger partial charge in [-0.15, -0.1) is 0 Å². The highest BCUT2D eigenvalue weighted by atomic mass is 19.1. The van der Waals surface area contributed by atoms with E-state index in [9.17, 15) is 4.39 Å². The normalized spacial score (nSPS) is 10.8. The highest BCUT2D eigenvalue weighted by molar-refractivity contribution is 5.85. The molecule has 1 aromatic heterocycles. The molecule has 0 bridgehead atoms. The Balaban J connectivity index is 1.80. The minimum absolute atomic E-state index is 0.123. The molecule has 0 fully saturated rings. The third kappa shape index (κ3) is 2.35. The van der Waals surface area contributed by atoms with Crippen LogP contribution in [0, 0.1) is 5.82 Å². The molecule has 0 aliphatic rings. The number of fused-ring (bicyclic) bond motifs is 1. The van der Waals surface area contributed by atoms with Crippen LogP contribution in [0.5, 0.6) is 5.75 Å². The van der Waals surface area contributed by atoms with Gasteiger partial charge < -0.3 is 14.9 Å². The SMILES string of the molecule is Nc1cccc2oc(COc3cccc(F)c3)nc12. The van der Waals surface area contributed by atoms with Crippen LogP contribution in [0.2, 0.25) is 0 Å². The zero-order chi connectivity index (χ0) is 13.2. The minimum Gasteiger partial charge on any atom is -0.484 e. The predicted molar refractivity (Wildman–Crippen MR) is 69.2 cm³/mol. The molecule has 2 N–H and O–H groups in total. The highest BCUT2D eigenvalue weighted by Gasteiger charge is 2.08. The first-order chi connectivity index (χ1) is 9.22. The van der Waals surface area contributed by atoms with Crippen LogP contribution in [0.4, 0.5) is 10.1 Å². The van der Waals surface area contributed by atoms with Crippen LogP contribution in [0.15, 0.2) is 46.9 Å². The summed E-state index contributed by atoms with van der Waals surface area (Å²) in [6, 6.07) is 11.2. The van der Waals surface area contributed by atoms with E-state index in [0.717, 1.165) is 0 Å². The van der Waals surface area contributed by atoms with Crippen molar-refractivity contribution in [1.82, 2.24) is 4.98 Å². The van der Waals surface area contributed by atoms with Gasteiger partial charge in [0.1, 0.15) is 17.1 Å². The van der Waals surface area contributed by atoms with E-state index < -0.39 is 0 Å². The summed E-state index contributed by atoms with van der Waals surface area (Å²) in [5, 5.41) is 0. The lowest BCUT2D eigenvalue weighted by Gasteiger charge is -2.02. The Morgan fingerprint density at radius 1 is 1.21 bits per heavy atom. The summed E-state index contributed by atoms with van der Waals surface area (Å²) in [6.45, 7) is 0.123. The zero-order valence-corrected chi connectivity index (χ0v) is 9.97. The van der Waals surface area contributed by atoms with Crippen LogP contribution in [-0.4, -0.2) is 4.98 Å². The Morgan fingerprint density at radius 3 is 2.84 bits per heavy atom. The number of para-hydroxylation sites is 1. The largest absolute Gasteiger partial charge is 0.484 e. The van der Waals surface area contributed by atoms with Crippen molar-refractivity contribution in [3.63, 3.8) is 0 Å². The number of nitrogens with zero attached hydrogens (tertiary/aromatic N) is 1. The van der Waals surface area contributed by atoms with Crippen molar-refractivity contribution in [1.29, 1.82) is 0 Å². The Hall–Kier alpha value is -2.56. The molecule has 3 aromatic rings. The third-order valence-electron chi connectivity index (χ3n) is 2.65. The van der Waals surface area contributed by atoms with Gasteiger partial charge in [-0.2, -0.15) is 0 Å². The van der Waals surface area contributed by atoms with E-state index in [-0.39, 0.29) is 12.4 Å². The van der Waals surface area contributed by atoms with Gasteiger partial charge in [0, 0.05) is 6.07 Å². The average molecular weight is 258 g/mol. The Morgan fingerprint density at radius 2 is 2.05 bits per heavy atom. The molecule has 0 aliphatic heterocycles. The minimum atomic E-state index is -0.348. The lowest BCUT2D eigenvalue weighted by Crippen LogP contribution is -1.95. The molecule has 2 aromatic carbocycles. The van der Waals surface area contributed by atoms with E-state index in [1.807, 2.05) is 0 Å². The van der Waals surface area contributed by atoms with Gasteiger partial charge in [-0.3, -0.25) is 0 Å². The molecular formula is C14H11FN2O2. The fraction of sp³-hybridized carbons (Fsp3) is 0.0714. The summed E-state index contributed by atoms with van der Waals surface area (Å²) in [7, 11) is 0. The predicted octanol–water partition coefficient (Wildman–Crippen LogP) is 3.13. The summed E-state index contributed by atoms with van der Waals surface area (Å²) >= 11 is 0. The van der Waals surface area contributed by atoms with Gasteiger partial charge in [-0.25, -0.2) is 9.37 Å². The Labute approximate surface area is 108 Å². The number of ether oxygens (including phenoxy) is 1. The number of nitrogen functional groups attached to an aromatic ring is 1. The topological polar surface area (TPSA) is 61.3 Å². The Kier molecular flexibility index (Phi) is 2.79. The molecule has 0 spiro atoms. The lowest BCUT2D eigenvalue weighted by molar-refractivity contribution is 0.266. The quantitative estimate of drug-likeness (QED) is 0.733. The smallest absolute Gasteiger partial charge is 0.233 e. The van der Waals surface area contributed by atoms with Gasteiger partial charge in [-0.1, -0.05) is 12.1 Å². The van der Waals surface area contributed by atoms with E-state index in [1.54, 1.807) is 30.3 Å². The monoisotopic (exact) mass is 258 g/mol. The second-order valence-electron chi connectivity index (χ2n) is 4.05. The molecule has 5 heteroatoms. The molecule has 0 saturated carbocycles. The van der Waals surface area contributed by atoms with Crippen molar-refractivity contribution in [3.05, 3.63) is 54.2 Å². The molecule has 0 atom stereocenters. The van der Waals surface area contributed by atoms with Crippen LogP contribution in [-0.2, 0) is 6.61 Å². The van der Waals surface area contributed by atoms with Crippen LogP contribution in [0.3, 0.4) is 0 Å². The molecule has 19 heavy (non-hydrogen) atoms. The van der Waals surface area contributed by atoms with E-state index >= 15 is 0 Å². The molecular weight excluding hydrogens is 247 g/mol. The first-order valence-electron chi connectivity index (χ1n) is 5.74. The standard InChI is InChI=1S/C14H11FN2O2/c15-9-3-1-4-10(7-9)18-8-13-17-14-11(16)5-2-6-12(14)19-13/h1-7H,8,16H2. The van der Waals surface area contributed by atoms with E-state index in [2.05, 4.69) is 4.98 Å². The number of anilines is 1. The maximum atomic E-state index is 13.0. The van der Waals surface area contributed by atoms with Crippen molar-refractivity contribution < 1.29 is 13.5 Å². The second kappa shape index (κ2) is 4.61. The van der Waals surface area contributed by atoms with Crippen molar-refractivity contribution in [2.24, 2.45) is 0 Å². The maximum absolute atomic E-state index is 13.0. The molecule has 0 amide bonds. The van der Waals surface area contributed by atoms with Crippen LogP contribution >= 0.6 is 0 Å². The van der Waals surface area contributed by atoms with E-state index in [0.29, 0.717) is 28.4 Å². The molecule has 4 nitrogen and oxygen atoms in total. The van der Waals surface area contributed by atoms with Crippen LogP contribution in [0.25, 0.3) is 11.1 Å². The molecule has 3 rings (SSSR count). The number of benzene rings is 2. The summed E-state index contributed by atoms with van der Waals surface area (Å²) in [6.07, 6.45) is 0. The van der Waals surface area contributed by atoms with Crippen molar-refractivity contribution in [3.8, 4) is 5.75 Å². The van der Waals surface area contributed by atoms with Crippen LogP contribution in [0.1, 0.15) is 5.89 Å². The number of aromatic nitrogens is 1. The molecule has 0 unspecified atom stereocenters. The van der Waals surface area contributed by atoms with Crippen molar-refractivity contribution >= 4 is 16.8 Å². The average Bonchev–Trinajstić information content (AvgIpc) is 2.81. The van der Waals surface area contributed by atoms with Crippen LogP contribution < -0.4 is 10.5 Å². The van der Waals surface area contributed by atoms with Crippen molar-refractivity contribution in [2.75, 3.05) is 5.73 Å². The third-order valence-corrected chi connectivity index (χ3v) is 2.65. The Bertz CT molecular complexity index is 724. The first kappa shape index (κ1) is 11.5. The number of oxazole rings is 1. The van der Waals surface area contributed by atoms with Gasteiger partial charge >= 0.3 is 0 Å². The maximum Gasteiger partial charge on any atom is 0.233 e. The molecule has 0 aliphatic carbocycles.